The van der Waals surface area contributed by atoms with Crippen LogP contribution in [0.5, 0.6) is 0 Å². The van der Waals surface area contributed by atoms with Crippen molar-refractivity contribution in [1.82, 2.24) is 4.31 Å². The Kier molecular flexibility index (Phi) is 4.68. The van der Waals surface area contributed by atoms with Gasteiger partial charge >= 0.3 is 0 Å². The van der Waals surface area contributed by atoms with Crippen molar-refractivity contribution in [3.8, 4) is 0 Å². The van der Waals surface area contributed by atoms with E-state index in [-0.39, 0.29) is 6.04 Å². The van der Waals surface area contributed by atoms with Gasteiger partial charge in [0.05, 0.1) is 6.04 Å². The van der Waals surface area contributed by atoms with E-state index in [4.69, 9.17) is 11.6 Å². The number of hydrogen-bond acceptors (Lipinski definition) is 4. The minimum Gasteiger partial charge on any atom is -0.206 e. The van der Waals surface area contributed by atoms with Crippen molar-refractivity contribution in [1.29, 1.82) is 0 Å². The molecule has 0 N–H and O–H groups in total. The van der Waals surface area contributed by atoms with E-state index < -0.39 is 10.0 Å². The van der Waals surface area contributed by atoms with Crippen molar-refractivity contribution in [2.75, 3.05) is 7.05 Å². The molecule has 0 amide bonds. The second kappa shape index (κ2) is 5.93. The van der Waals surface area contributed by atoms with Crippen molar-refractivity contribution in [3.63, 3.8) is 0 Å². The largest absolute Gasteiger partial charge is 0.252 e. The zero-order chi connectivity index (χ0) is 14.0. The number of rotatable bonds is 5. The van der Waals surface area contributed by atoms with Crippen LogP contribution in [0.1, 0.15) is 23.4 Å². The van der Waals surface area contributed by atoms with E-state index >= 15 is 0 Å². The molecule has 0 saturated carbocycles. The van der Waals surface area contributed by atoms with E-state index in [1.165, 1.54) is 15.6 Å². The summed E-state index contributed by atoms with van der Waals surface area (Å²) < 4.78 is 26.7. The summed E-state index contributed by atoms with van der Waals surface area (Å²) in [6.07, 6.45) is 0. The quantitative estimate of drug-likeness (QED) is 0.776. The predicted molar refractivity (Wildman–Crippen MR) is 81.6 cm³/mol. The molecule has 0 fully saturated rings. The lowest BCUT2D eigenvalue weighted by Gasteiger charge is -2.22. The van der Waals surface area contributed by atoms with Crippen molar-refractivity contribution >= 4 is 44.3 Å². The van der Waals surface area contributed by atoms with Gasteiger partial charge in [-0.15, -0.1) is 34.3 Å². The molecule has 2 rings (SSSR count). The van der Waals surface area contributed by atoms with Gasteiger partial charge in [0.15, 0.2) is 0 Å². The molecule has 104 valence electrons. The number of thiophene rings is 2. The topological polar surface area (TPSA) is 37.4 Å². The molecular formula is C12H14ClNO2S3. The minimum absolute atomic E-state index is 0.174. The summed E-state index contributed by atoms with van der Waals surface area (Å²) in [4.78, 5) is 1.03. The average Bonchev–Trinajstić information content (AvgIpc) is 3.07. The van der Waals surface area contributed by atoms with Gasteiger partial charge < -0.3 is 0 Å². The highest BCUT2D eigenvalue weighted by Gasteiger charge is 2.28. The monoisotopic (exact) mass is 335 g/mol. The maximum Gasteiger partial charge on any atom is 0.252 e. The van der Waals surface area contributed by atoms with Gasteiger partial charge in [0, 0.05) is 17.8 Å². The molecule has 0 aliphatic heterocycles. The van der Waals surface area contributed by atoms with Gasteiger partial charge in [-0.1, -0.05) is 6.07 Å². The number of hydrogen-bond donors (Lipinski definition) is 0. The van der Waals surface area contributed by atoms with E-state index in [0.29, 0.717) is 10.1 Å². The van der Waals surface area contributed by atoms with Crippen LogP contribution in [0.4, 0.5) is 0 Å². The van der Waals surface area contributed by atoms with E-state index in [1.807, 2.05) is 24.4 Å². The smallest absolute Gasteiger partial charge is 0.206 e. The number of halogens is 1. The minimum atomic E-state index is -3.45. The molecule has 2 aromatic heterocycles. The van der Waals surface area contributed by atoms with Crippen LogP contribution in [-0.4, -0.2) is 19.8 Å². The van der Waals surface area contributed by atoms with Gasteiger partial charge in [0.25, 0.3) is 10.0 Å². The Labute approximate surface area is 126 Å². The molecule has 1 unspecified atom stereocenters. The molecule has 0 aromatic carbocycles. The zero-order valence-electron chi connectivity index (χ0n) is 10.5. The Bertz CT molecular complexity index is 634. The summed E-state index contributed by atoms with van der Waals surface area (Å²) in [5, 5.41) is 3.73. The van der Waals surface area contributed by atoms with E-state index in [1.54, 1.807) is 29.8 Å². The van der Waals surface area contributed by atoms with E-state index in [0.717, 1.165) is 10.4 Å². The lowest BCUT2D eigenvalue weighted by atomic mass is 10.3. The molecule has 0 bridgehead atoms. The second-order valence-electron chi connectivity index (χ2n) is 4.12. The highest BCUT2D eigenvalue weighted by molar-refractivity contribution is 7.91. The molecule has 0 spiro atoms. The molecule has 2 aromatic rings. The third-order valence-electron chi connectivity index (χ3n) is 2.92. The van der Waals surface area contributed by atoms with Gasteiger partial charge in [0.1, 0.15) is 4.21 Å². The van der Waals surface area contributed by atoms with Gasteiger partial charge in [-0.3, -0.25) is 0 Å². The Morgan fingerprint density at radius 1 is 1.42 bits per heavy atom. The molecule has 0 radical (unpaired) electrons. The van der Waals surface area contributed by atoms with Gasteiger partial charge in [-0.25, -0.2) is 8.42 Å². The number of sulfonamides is 1. The first-order valence-electron chi connectivity index (χ1n) is 5.61. The number of alkyl halides is 1. The van der Waals surface area contributed by atoms with Crippen molar-refractivity contribution in [2.45, 2.75) is 23.1 Å². The molecule has 0 saturated heterocycles. The maximum absolute atomic E-state index is 12.5. The predicted octanol–water partition coefficient (Wildman–Crippen LogP) is 3.93. The molecule has 19 heavy (non-hydrogen) atoms. The summed E-state index contributed by atoms with van der Waals surface area (Å²) in [6.45, 7) is 1.89. The SMILES string of the molecule is CC(c1cccs1)N(C)S(=O)(=O)c1cc(CCl)cs1. The Hall–Kier alpha value is -0.400. The van der Waals surface area contributed by atoms with Crippen LogP contribution >= 0.6 is 34.3 Å². The van der Waals surface area contributed by atoms with Crippen molar-refractivity contribution in [2.24, 2.45) is 0 Å². The fourth-order valence-electron chi connectivity index (χ4n) is 1.62. The Morgan fingerprint density at radius 2 is 2.16 bits per heavy atom. The summed E-state index contributed by atoms with van der Waals surface area (Å²) >= 11 is 8.48. The lowest BCUT2D eigenvalue weighted by molar-refractivity contribution is 0.404. The summed E-state index contributed by atoms with van der Waals surface area (Å²) in [6, 6.07) is 5.34. The summed E-state index contributed by atoms with van der Waals surface area (Å²) in [5.74, 6) is 0.330. The fraction of sp³-hybridized carbons (Fsp3) is 0.333. The number of nitrogens with zero attached hydrogens (tertiary/aromatic N) is 1. The van der Waals surface area contributed by atoms with Gasteiger partial charge in [-0.2, -0.15) is 4.31 Å². The van der Waals surface area contributed by atoms with Crippen molar-refractivity contribution < 1.29 is 8.42 Å². The first kappa shape index (κ1) is 15.0. The Morgan fingerprint density at radius 3 is 2.68 bits per heavy atom. The molecule has 3 nitrogen and oxygen atoms in total. The first-order valence-corrected chi connectivity index (χ1v) is 9.35. The zero-order valence-corrected chi connectivity index (χ0v) is 13.7. The first-order chi connectivity index (χ1) is 8.96. The normalized spacial score (nSPS) is 13.9. The summed E-state index contributed by atoms with van der Waals surface area (Å²) in [7, 11) is -1.84. The summed E-state index contributed by atoms with van der Waals surface area (Å²) in [5.41, 5.74) is 0.836. The van der Waals surface area contributed by atoms with Crippen LogP contribution in [0, 0.1) is 0 Å². The van der Waals surface area contributed by atoms with Crippen LogP contribution in [0.15, 0.2) is 33.2 Å². The van der Waals surface area contributed by atoms with Gasteiger partial charge in [0.2, 0.25) is 0 Å². The average molecular weight is 336 g/mol. The molecular weight excluding hydrogens is 322 g/mol. The van der Waals surface area contributed by atoms with E-state index in [9.17, 15) is 8.42 Å². The highest BCUT2D eigenvalue weighted by Crippen LogP contribution is 2.31. The lowest BCUT2D eigenvalue weighted by Crippen LogP contribution is -2.28. The molecule has 2 heterocycles. The Balaban J connectivity index is 2.28. The molecule has 0 aliphatic rings. The van der Waals surface area contributed by atoms with Crippen LogP contribution in [-0.2, 0) is 15.9 Å². The van der Waals surface area contributed by atoms with Crippen LogP contribution < -0.4 is 0 Å². The van der Waals surface area contributed by atoms with Crippen molar-refractivity contribution in [3.05, 3.63) is 39.4 Å². The maximum atomic E-state index is 12.5. The van der Waals surface area contributed by atoms with Crippen LogP contribution in [0.3, 0.4) is 0 Å². The van der Waals surface area contributed by atoms with Crippen LogP contribution in [0.2, 0.25) is 0 Å². The second-order valence-corrected chi connectivity index (χ2v) is 8.50. The third-order valence-corrected chi connectivity index (χ3v) is 7.66. The standard InChI is InChI=1S/C12H14ClNO2S3/c1-9(11-4-3-5-17-11)14(2)19(15,16)12-6-10(7-13)8-18-12/h3-6,8-9H,7H2,1-2H3. The van der Waals surface area contributed by atoms with Gasteiger partial charge in [-0.05, 0) is 35.4 Å². The third kappa shape index (κ3) is 3.03. The fourth-order valence-corrected chi connectivity index (χ4v) is 5.49. The van der Waals surface area contributed by atoms with Crippen LogP contribution in [0.25, 0.3) is 0 Å². The van der Waals surface area contributed by atoms with E-state index in [2.05, 4.69) is 0 Å². The molecule has 1 atom stereocenters. The molecule has 7 heteroatoms. The highest BCUT2D eigenvalue weighted by atomic mass is 35.5. The molecule has 0 aliphatic carbocycles.